The van der Waals surface area contributed by atoms with Gasteiger partial charge in [0.2, 0.25) is 0 Å². The van der Waals surface area contributed by atoms with Crippen molar-refractivity contribution in [2.24, 2.45) is 16.7 Å². The van der Waals surface area contributed by atoms with Crippen molar-refractivity contribution in [3.63, 3.8) is 0 Å². The zero-order valence-corrected chi connectivity index (χ0v) is 13.5. The molecule has 2 nitrogen and oxygen atoms in total. The van der Waals surface area contributed by atoms with E-state index in [0.717, 1.165) is 24.0 Å². The van der Waals surface area contributed by atoms with Gasteiger partial charge in [-0.3, -0.25) is 9.59 Å². The molecule has 0 atom stereocenters. The van der Waals surface area contributed by atoms with Gasteiger partial charge in [0, 0.05) is 11.1 Å². The van der Waals surface area contributed by atoms with Crippen LogP contribution in [0.2, 0.25) is 0 Å². The minimum atomic E-state index is -0.414. The summed E-state index contributed by atoms with van der Waals surface area (Å²) >= 11 is 0. The molecule has 1 rings (SSSR count). The Labute approximate surface area is 117 Å². The number of hydrogen-bond acceptors (Lipinski definition) is 2. The van der Waals surface area contributed by atoms with Crippen LogP contribution in [-0.2, 0) is 9.59 Å². The van der Waals surface area contributed by atoms with E-state index in [-0.39, 0.29) is 22.4 Å². The van der Waals surface area contributed by atoms with Crippen molar-refractivity contribution >= 4 is 11.6 Å². The standard InChI is InChI=1S/C17H28O2/c1-8-9-10-11-14(18)12(16(2,3)4)13(15(11)19)17(5,6)7/h11H,8-10H2,1-7H3. The Morgan fingerprint density at radius 3 is 1.47 bits per heavy atom. The lowest BCUT2D eigenvalue weighted by molar-refractivity contribution is -0.127. The van der Waals surface area contributed by atoms with Gasteiger partial charge in [0.1, 0.15) is 0 Å². The summed E-state index contributed by atoms with van der Waals surface area (Å²) in [6, 6.07) is 0. The van der Waals surface area contributed by atoms with Gasteiger partial charge in [0.25, 0.3) is 0 Å². The summed E-state index contributed by atoms with van der Waals surface area (Å²) < 4.78 is 0. The fourth-order valence-electron chi connectivity index (χ4n) is 2.87. The van der Waals surface area contributed by atoms with Gasteiger partial charge in [-0.05, 0) is 17.3 Å². The van der Waals surface area contributed by atoms with Gasteiger partial charge < -0.3 is 0 Å². The first-order valence-corrected chi connectivity index (χ1v) is 7.35. The van der Waals surface area contributed by atoms with Gasteiger partial charge in [-0.15, -0.1) is 0 Å². The molecule has 0 amide bonds. The van der Waals surface area contributed by atoms with Gasteiger partial charge >= 0.3 is 0 Å². The lowest BCUT2D eigenvalue weighted by Crippen LogP contribution is -2.21. The number of carbonyl (C=O) groups is 2. The molecule has 0 saturated heterocycles. The van der Waals surface area contributed by atoms with Crippen molar-refractivity contribution in [3.05, 3.63) is 11.1 Å². The zero-order chi connectivity index (χ0) is 15.0. The Morgan fingerprint density at radius 2 is 1.21 bits per heavy atom. The van der Waals surface area contributed by atoms with Crippen molar-refractivity contribution in [2.45, 2.75) is 67.7 Å². The Kier molecular flexibility index (Phi) is 4.44. The number of unbranched alkanes of at least 4 members (excludes halogenated alkanes) is 1. The first kappa shape index (κ1) is 16.1. The average molecular weight is 264 g/mol. The first-order valence-electron chi connectivity index (χ1n) is 7.35. The number of ketones is 2. The maximum atomic E-state index is 12.6. The molecule has 0 aromatic heterocycles. The van der Waals surface area contributed by atoms with Crippen LogP contribution >= 0.6 is 0 Å². The van der Waals surface area contributed by atoms with Crippen LogP contribution in [0.3, 0.4) is 0 Å². The summed E-state index contributed by atoms with van der Waals surface area (Å²) in [6.07, 6.45) is 2.66. The van der Waals surface area contributed by atoms with Crippen LogP contribution in [0.15, 0.2) is 11.1 Å². The van der Waals surface area contributed by atoms with Crippen molar-refractivity contribution in [2.75, 3.05) is 0 Å². The summed E-state index contributed by atoms with van der Waals surface area (Å²) in [5.74, 6) is -0.254. The van der Waals surface area contributed by atoms with E-state index in [0.29, 0.717) is 6.42 Å². The molecule has 0 radical (unpaired) electrons. The number of allylic oxidation sites excluding steroid dienone is 2. The summed E-state index contributed by atoms with van der Waals surface area (Å²) in [6.45, 7) is 14.3. The van der Waals surface area contributed by atoms with Crippen LogP contribution in [-0.4, -0.2) is 11.6 Å². The lowest BCUT2D eigenvalue weighted by atomic mass is 9.76. The Balaban J connectivity index is 3.29. The topological polar surface area (TPSA) is 34.1 Å². The van der Waals surface area contributed by atoms with E-state index in [1.807, 2.05) is 41.5 Å². The molecule has 0 aromatic carbocycles. The average Bonchev–Trinajstić information content (AvgIpc) is 2.47. The fourth-order valence-corrected chi connectivity index (χ4v) is 2.87. The molecule has 0 N–H and O–H groups in total. The summed E-state index contributed by atoms with van der Waals surface area (Å²) in [5.41, 5.74) is 1.03. The van der Waals surface area contributed by atoms with Crippen molar-refractivity contribution in [1.82, 2.24) is 0 Å². The Bertz CT molecular complexity index is 378. The van der Waals surface area contributed by atoms with E-state index in [1.54, 1.807) is 0 Å². The molecule has 108 valence electrons. The molecular weight excluding hydrogens is 236 g/mol. The van der Waals surface area contributed by atoms with Crippen LogP contribution in [0.5, 0.6) is 0 Å². The molecule has 0 fully saturated rings. The molecule has 0 aliphatic heterocycles. The highest BCUT2D eigenvalue weighted by atomic mass is 16.2. The molecule has 0 bridgehead atoms. The van der Waals surface area contributed by atoms with Crippen molar-refractivity contribution in [1.29, 1.82) is 0 Å². The van der Waals surface area contributed by atoms with Gasteiger partial charge in [-0.25, -0.2) is 0 Å². The number of rotatable bonds is 3. The monoisotopic (exact) mass is 264 g/mol. The third kappa shape index (κ3) is 3.16. The summed E-state index contributed by atoms with van der Waals surface area (Å²) in [5, 5.41) is 0. The zero-order valence-electron chi connectivity index (χ0n) is 13.5. The highest BCUT2D eigenvalue weighted by Crippen LogP contribution is 2.45. The minimum Gasteiger partial charge on any atom is -0.294 e. The number of carbonyl (C=O) groups excluding carboxylic acids is 2. The summed E-state index contributed by atoms with van der Waals surface area (Å²) in [7, 11) is 0. The van der Waals surface area contributed by atoms with E-state index in [2.05, 4.69) is 6.92 Å². The van der Waals surface area contributed by atoms with Gasteiger partial charge in [-0.1, -0.05) is 61.3 Å². The van der Waals surface area contributed by atoms with Gasteiger partial charge in [0.15, 0.2) is 11.6 Å². The fraction of sp³-hybridized carbons (Fsp3) is 0.765. The van der Waals surface area contributed by atoms with E-state index in [4.69, 9.17) is 0 Å². The molecular formula is C17H28O2. The maximum Gasteiger partial charge on any atom is 0.170 e. The second-order valence-electron chi connectivity index (χ2n) is 7.67. The Morgan fingerprint density at radius 1 is 0.842 bits per heavy atom. The second kappa shape index (κ2) is 5.22. The molecule has 1 aliphatic rings. The Hall–Kier alpha value is -0.920. The molecule has 0 saturated carbocycles. The third-order valence-electron chi connectivity index (χ3n) is 3.72. The minimum absolute atomic E-state index is 0.0795. The molecule has 1 aliphatic carbocycles. The molecule has 0 unspecified atom stereocenters. The smallest absolute Gasteiger partial charge is 0.170 e. The quantitative estimate of drug-likeness (QED) is 0.711. The molecule has 0 aromatic rings. The van der Waals surface area contributed by atoms with E-state index >= 15 is 0 Å². The predicted molar refractivity (Wildman–Crippen MR) is 79.0 cm³/mol. The predicted octanol–water partition coefficient (Wildman–Crippen LogP) is 4.33. The molecule has 0 spiro atoms. The highest BCUT2D eigenvalue weighted by molar-refractivity contribution is 6.25. The van der Waals surface area contributed by atoms with E-state index in [9.17, 15) is 9.59 Å². The van der Waals surface area contributed by atoms with Crippen molar-refractivity contribution < 1.29 is 9.59 Å². The SMILES string of the molecule is CCCCC1C(=O)C(C(C)(C)C)=C(C(C)(C)C)C1=O. The number of hydrogen-bond donors (Lipinski definition) is 0. The van der Waals surface area contributed by atoms with Crippen LogP contribution in [0.4, 0.5) is 0 Å². The summed E-state index contributed by atoms with van der Waals surface area (Å²) in [4.78, 5) is 25.3. The van der Waals surface area contributed by atoms with Crippen LogP contribution in [0, 0.1) is 16.7 Å². The third-order valence-corrected chi connectivity index (χ3v) is 3.72. The van der Waals surface area contributed by atoms with Crippen molar-refractivity contribution in [3.8, 4) is 0 Å². The molecule has 0 heterocycles. The lowest BCUT2D eigenvalue weighted by Gasteiger charge is -2.27. The van der Waals surface area contributed by atoms with E-state index in [1.165, 1.54) is 0 Å². The number of Topliss-reactive ketones (excluding diaryl/α,β-unsaturated/α-hetero) is 2. The first-order chi connectivity index (χ1) is 8.51. The molecule has 19 heavy (non-hydrogen) atoms. The second-order valence-corrected chi connectivity index (χ2v) is 7.67. The maximum absolute atomic E-state index is 12.6. The largest absolute Gasteiger partial charge is 0.294 e. The highest BCUT2D eigenvalue weighted by Gasteiger charge is 2.47. The van der Waals surface area contributed by atoms with Crippen LogP contribution < -0.4 is 0 Å². The normalized spacial score (nSPS) is 18.7. The van der Waals surface area contributed by atoms with Crippen LogP contribution in [0.25, 0.3) is 0 Å². The van der Waals surface area contributed by atoms with E-state index < -0.39 is 5.92 Å². The van der Waals surface area contributed by atoms with Crippen LogP contribution in [0.1, 0.15) is 67.7 Å². The van der Waals surface area contributed by atoms with Gasteiger partial charge in [0.05, 0.1) is 5.92 Å². The van der Waals surface area contributed by atoms with Gasteiger partial charge in [-0.2, -0.15) is 0 Å². The molecule has 2 heteroatoms.